The second kappa shape index (κ2) is 5.97. The number of benzene rings is 2. The summed E-state index contributed by atoms with van der Waals surface area (Å²) in [6.07, 6.45) is 0. The van der Waals surface area contributed by atoms with E-state index in [1.165, 1.54) is 24.3 Å². The van der Waals surface area contributed by atoms with Crippen molar-refractivity contribution < 1.29 is 13.2 Å². The van der Waals surface area contributed by atoms with Crippen molar-refractivity contribution in [3.05, 3.63) is 68.9 Å². The Bertz CT molecular complexity index is 643. The molecule has 0 aromatic heterocycles. The number of hydrogen-bond acceptors (Lipinski definition) is 1. The molecular formula is C15H13BrF3N. The Balaban J connectivity index is 2.58. The van der Waals surface area contributed by atoms with Crippen LogP contribution in [0, 0.1) is 24.4 Å². The van der Waals surface area contributed by atoms with Crippen LogP contribution in [-0.2, 0) is 0 Å². The van der Waals surface area contributed by atoms with Gasteiger partial charge in [0.15, 0.2) is 0 Å². The van der Waals surface area contributed by atoms with Gasteiger partial charge in [0.2, 0.25) is 0 Å². The van der Waals surface area contributed by atoms with Gasteiger partial charge in [0.25, 0.3) is 0 Å². The van der Waals surface area contributed by atoms with Gasteiger partial charge in [-0.25, -0.2) is 13.2 Å². The molecule has 2 aromatic rings. The first-order chi connectivity index (χ1) is 9.45. The average Bonchev–Trinajstić information content (AvgIpc) is 2.42. The molecule has 0 bridgehead atoms. The monoisotopic (exact) mass is 343 g/mol. The Kier molecular flexibility index (Phi) is 4.50. The van der Waals surface area contributed by atoms with Crippen LogP contribution >= 0.6 is 15.9 Å². The summed E-state index contributed by atoms with van der Waals surface area (Å²) in [4.78, 5) is 0. The lowest BCUT2D eigenvalue weighted by molar-refractivity contribution is 0.515. The van der Waals surface area contributed by atoms with E-state index in [9.17, 15) is 13.2 Å². The van der Waals surface area contributed by atoms with Crippen LogP contribution in [0.5, 0.6) is 0 Å². The van der Waals surface area contributed by atoms with Crippen LogP contribution in [0.15, 0.2) is 34.8 Å². The highest BCUT2D eigenvalue weighted by molar-refractivity contribution is 9.10. The minimum Gasteiger partial charge on any atom is -0.309 e. The number of aryl methyl sites for hydroxylation is 1. The maximum absolute atomic E-state index is 14.2. The van der Waals surface area contributed by atoms with Gasteiger partial charge >= 0.3 is 0 Å². The van der Waals surface area contributed by atoms with E-state index in [4.69, 9.17) is 0 Å². The third-order valence-electron chi connectivity index (χ3n) is 3.17. The molecule has 5 heteroatoms. The minimum absolute atomic E-state index is 0.103. The Morgan fingerprint density at radius 1 is 1.05 bits per heavy atom. The SMILES string of the molecule is CNC(c1ccc(Br)c(F)c1)c1c(F)ccc(C)c1F. The molecule has 106 valence electrons. The van der Waals surface area contributed by atoms with Crippen molar-refractivity contribution in [3.63, 3.8) is 0 Å². The molecule has 1 unspecified atom stereocenters. The van der Waals surface area contributed by atoms with E-state index < -0.39 is 23.5 Å². The van der Waals surface area contributed by atoms with E-state index in [0.29, 0.717) is 15.6 Å². The van der Waals surface area contributed by atoms with Gasteiger partial charge in [-0.2, -0.15) is 0 Å². The van der Waals surface area contributed by atoms with Gasteiger partial charge in [0, 0.05) is 5.56 Å². The fraction of sp³-hybridized carbons (Fsp3) is 0.200. The van der Waals surface area contributed by atoms with Crippen LogP contribution in [0.4, 0.5) is 13.2 Å². The zero-order valence-electron chi connectivity index (χ0n) is 11.0. The summed E-state index contributed by atoms with van der Waals surface area (Å²) in [5.74, 6) is -1.75. The van der Waals surface area contributed by atoms with Crippen molar-refractivity contribution in [3.8, 4) is 0 Å². The van der Waals surface area contributed by atoms with Gasteiger partial charge in [0.05, 0.1) is 10.5 Å². The van der Waals surface area contributed by atoms with Crippen LogP contribution in [0.3, 0.4) is 0 Å². The van der Waals surface area contributed by atoms with E-state index in [2.05, 4.69) is 21.2 Å². The first kappa shape index (κ1) is 15.1. The largest absolute Gasteiger partial charge is 0.309 e. The van der Waals surface area contributed by atoms with Crippen LogP contribution in [-0.4, -0.2) is 7.05 Å². The highest BCUT2D eigenvalue weighted by Gasteiger charge is 2.22. The smallest absolute Gasteiger partial charge is 0.137 e. The lowest BCUT2D eigenvalue weighted by atomic mass is 9.96. The standard InChI is InChI=1S/C15H13BrF3N/c1-8-3-6-11(17)13(14(8)19)15(20-2)9-4-5-10(16)12(18)7-9/h3-7,15,20H,1-2H3. The van der Waals surface area contributed by atoms with Crippen molar-refractivity contribution in [2.45, 2.75) is 13.0 Å². The second-order valence-corrected chi connectivity index (χ2v) is 5.34. The van der Waals surface area contributed by atoms with Crippen molar-refractivity contribution in [1.29, 1.82) is 0 Å². The first-order valence-electron chi connectivity index (χ1n) is 6.02. The lowest BCUT2D eigenvalue weighted by Crippen LogP contribution is -2.21. The quantitative estimate of drug-likeness (QED) is 0.866. The molecule has 0 aliphatic heterocycles. The molecule has 0 heterocycles. The van der Waals surface area contributed by atoms with E-state index in [1.54, 1.807) is 20.0 Å². The van der Waals surface area contributed by atoms with Gasteiger partial charge < -0.3 is 5.32 Å². The fourth-order valence-corrected chi connectivity index (χ4v) is 2.36. The molecule has 0 fully saturated rings. The van der Waals surface area contributed by atoms with E-state index >= 15 is 0 Å². The van der Waals surface area contributed by atoms with E-state index in [1.807, 2.05) is 0 Å². The lowest BCUT2D eigenvalue weighted by Gasteiger charge is -2.19. The maximum Gasteiger partial charge on any atom is 0.137 e. The van der Waals surface area contributed by atoms with E-state index in [-0.39, 0.29) is 5.56 Å². The molecule has 0 saturated carbocycles. The Hall–Kier alpha value is -1.33. The zero-order chi connectivity index (χ0) is 14.9. The Morgan fingerprint density at radius 3 is 2.35 bits per heavy atom. The molecule has 2 aromatic carbocycles. The van der Waals surface area contributed by atoms with Crippen molar-refractivity contribution in [1.82, 2.24) is 5.32 Å². The molecule has 0 amide bonds. The molecule has 0 spiro atoms. The van der Waals surface area contributed by atoms with Crippen LogP contribution in [0.1, 0.15) is 22.7 Å². The average molecular weight is 344 g/mol. The molecule has 20 heavy (non-hydrogen) atoms. The third kappa shape index (κ3) is 2.74. The normalized spacial score (nSPS) is 12.5. The van der Waals surface area contributed by atoms with Crippen molar-refractivity contribution >= 4 is 15.9 Å². The summed E-state index contributed by atoms with van der Waals surface area (Å²) < 4.78 is 42.0. The van der Waals surface area contributed by atoms with Gasteiger partial charge in [-0.15, -0.1) is 0 Å². The van der Waals surface area contributed by atoms with Gasteiger partial charge in [0.1, 0.15) is 17.5 Å². The van der Waals surface area contributed by atoms with Crippen LogP contribution in [0.2, 0.25) is 0 Å². The highest BCUT2D eigenvalue weighted by atomic mass is 79.9. The predicted octanol–water partition coefficient (Wildman–Crippen LogP) is 4.48. The molecule has 0 radical (unpaired) electrons. The first-order valence-corrected chi connectivity index (χ1v) is 6.81. The zero-order valence-corrected chi connectivity index (χ0v) is 12.6. The van der Waals surface area contributed by atoms with E-state index in [0.717, 1.165) is 0 Å². The Morgan fingerprint density at radius 2 is 1.75 bits per heavy atom. The number of halogens is 4. The molecule has 1 nitrogen and oxygen atoms in total. The molecular weight excluding hydrogens is 331 g/mol. The molecule has 1 atom stereocenters. The second-order valence-electron chi connectivity index (χ2n) is 4.49. The molecule has 0 aliphatic carbocycles. The summed E-state index contributed by atoms with van der Waals surface area (Å²) in [6.45, 7) is 1.56. The maximum atomic E-state index is 14.2. The summed E-state index contributed by atoms with van der Waals surface area (Å²) in [5, 5.41) is 2.83. The number of nitrogens with one attached hydrogen (secondary N) is 1. The third-order valence-corrected chi connectivity index (χ3v) is 3.82. The molecule has 1 N–H and O–H groups in total. The Labute approximate surface area is 123 Å². The molecule has 0 aliphatic rings. The highest BCUT2D eigenvalue weighted by Crippen LogP contribution is 2.30. The summed E-state index contributed by atoms with van der Waals surface area (Å²) in [5.41, 5.74) is 0.699. The topological polar surface area (TPSA) is 12.0 Å². The van der Waals surface area contributed by atoms with Gasteiger partial charge in [-0.05, 0) is 59.2 Å². The van der Waals surface area contributed by atoms with Gasteiger partial charge in [-0.3, -0.25) is 0 Å². The van der Waals surface area contributed by atoms with Crippen molar-refractivity contribution in [2.24, 2.45) is 0 Å². The summed E-state index contributed by atoms with van der Waals surface area (Å²) >= 11 is 3.05. The summed E-state index contributed by atoms with van der Waals surface area (Å²) in [7, 11) is 1.58. The van der Waals surface area contributed by atoms with Crippen molar-refractivity contribution in [2.75, 3.05) is 7.05 Å². The molecule has 0 saturated heterocycles. The summed E-state index contributed by atoms with van der Waals surface area (Å²) in [6, 6.07) is 6.23. The molecule has 2 rings (SSSR count). The minimum atomic E-state index is -0.752. The number of rotatable bonds is 3. The van der Waals surface area contributed by atoms with Crippen LogP contribution in [0.25, 0.3) is 0 Å². The predicted molar refractivity (Wildman–Crippen MR) is 76.1 cm³/mol. The van der Waals surface area contributed by atoms with Crippen LogP contribution < -0.4 is 5.32 Å². The van der Waals surface area contributed by atoms with Gasteiger partial charge in [-0.1, -0.05) is 12.1 Å². The fourth-order valence-electron chi connectivity index (χ4n) is 2.11. The number of hydrogen-bond donors (Lipinski definition) is 1.